The van der Waals surface area contributed by atoms with Gasteiger partial charge in [-0.15, -0.1) is 11.3 Å². The molecule has 0 bridgehead atoms. The number of carbonyl (C=O) groups excluding carboxylic acids is 2. The minimum Gasteiger partial charge on any atom is -0.443 e. The van der Waals surface area contributed by atoms with Crippen LogP contribution in [0.3, 0.4) is 0 Å². The van der Waals surface area contributed by atoms with E-state index >= 15 is 0 Å². The summed E-state index contributed by atoms with van der Waals surface area (Å²) in [4.78, 5) is 31.4. The van der Waals surface area contributed by atoms with Crippen molar-refractivity contribution in [1.82, 2.24) is 9.88 Å². The molecule has 0 aliphatic heterocycles. The molecule has 0 saturated heterocycles. The van der Waals surface area contributed by atoms with Crippen LogP contribution in [0.2, 0.25) is 0 Å². The molecule has 7 heteroatoms. The lowest BCUT2D eigenvalue weighted by atomic mass is 10.1. The first kappa shape index (κ1) is 19.7. The van der Waals surface area contributed by atoms with Gasteiger partial charge in [0.25, 0.3) is 5.91 Å². The number of likely N-dealkylation sites (N-methyl/N-ethyl adjacent to an activating group) is 1. The minimum atomic E-state index is -1.04. The second-order valence-electron chi connectivity index (χ2n) is 6.37. The molecule has 0 unspecified atom stereocenters. The topological polar surface area (TPSA) is 59.5 Å². The Balaban J connectivity index is 1.88. The highest BCUT2D eigenvalue weighted by Crippen LogP contribution is 2.30. The van der Waals surface area contributed by atoms with Crippen molar-refractivity contribution in [2.75, 3.05) is 14.1 Å². The number of aryl methyl sites for hydroxylation is 1. The van der Waals surface area contributed by atoms with E-state index in [9.17, 15) is 14.0 Å². The Morgan fingerprint density at radius 1 is 1.07 bits per heavy atom. The van der Waals surface area contributed by atoms with E-state index in [4.69, 9.17) is 4.74 Å². The second kappa shape index (κ2) is 8.31. The number of ether oxygens (including phenoxy) is 1. The van der Waals surface area contributed by atoms with Crippen molar-refractivity contribution in [2.24, 2.45) is 0 Å². The van der Waals surface area contributed by atoms with Crippen molar-refractivity contribution in [3.05, 3.63) is 76.5 Å². The zero-order chi connectivity index (χ0) is 20.3. The first-order valence-corrected chi connectivity index (χ1v) is 9.39. The van der Waals surface area contributed by atoms with Gasteiger partial charge in [0.15, 0.2) is 0 Å². The number of aromatic nitrogens is 1. The molecule has 144 valence electrons. The molecule has 3 rings (SSSR count). The molecule has 0 aliphatic rings. The Kier molecular flexibility index (Phi) is 5.84. The van der Waals surface area contributed by atoms with Gasteiger partial charge in [0.2, 0.25) is 6.10 Å². The fourth-order valence-corrected chi connectivity index (χ4v) is 3.54. The van der Waals surface area contributed by atoms with Crippen LogP contribution >= 0.6 is 11.3 Å². The summed E-state index contributed by atoms with van der Waals surface area (Å²) in [5, 5.41) is 0.583. The van der Waals surface area contributed by atoms with E-state index < -0.39 is 12.1 Å². The third kappa shape index (κ3) is 4.26. The van der Waals surface area contributed by atoms with E-state index in [0.717, 1.165) is 11.3 Å². The normalized spacial score (nSPS) is 11.7. The van der Waals surface area contributed by atoms with Crippen LogP contribution in [0, 0.1) is 12.7 Å². The molecule has 0 aliphatic carbocycles. The number of amides is 1. The van der Waals surface area contributed by atoms with Gasteiger partial charge in [0, 0.05) is 25.2 Å². The molecule has 0 spiro atoms. The lowest BCUT2D eigenvalue weighted by Crippen LogP contribution is -2.31. The van der Waals surface area contributed by atoms with Gasteiger partial charge in [-0.3, -0.25) is 4.79 Å². The number of rotatable bonds is 5. The van der Waals surface area contributed by atoms with E-state index in [1.165, 1.54) is 17.0 Å². The van der Waals surface area contributed by atoms with E-state index in [2.05, 4.69) is 4.98 Å². The standard InChI is InChI=1S/C21H19FN2O3S/c1-13-18(28-19(23-13)15-9-11-16(22)12-10-15)21(26)27-17(20(25)24(2)3)14-7-5-4-6-8-14/h4-12,17H,1-3H3/t17-/m0/s1. The van der Waals surface area contributed by atoms with Crippen LogP contribution in [-0.2, 0) is 9.53 Å². The summed E-state index contributed by atoms with van der Waals surface area (Å²) in [6.45, 7) is 1.70. The summed E-state index contributed by atoms with van der Waals surface area (Å²) in [7, 11) is 3.22. The lowest BCUT2D eigenvalue weighted by molar-refractivity contribution is -0.138. The molecule has 0 radical (unpaired) electrons. The Morgan fingerprint density at radius 2 is 1.71 bits per heavy atom. The number of hydrogen-bond acceptors (Lipinski definition) is 5. The molecule has 0 N–H and O–H groups in total. The molecule has 0 saturated carbocycles. The Morgan fingerprint density at radius 3 is 2.32 bits per heavy atom. The SMILES string of the molecule is Cc1nc(-c2ccc(F)cc2)sc1C(=O)O[C@H](C(=O)N(C)C)c1ccccc1. The van der Waals surface area contributed by atoms with Gasteiger partial charge < -0.3 is 9.64 Å². The summed E-state index contributed by atoms with van der Waals surface area (Å²) in [5.74, 6) is -1.29. The van der Waals surface area contributed by atoms with Crippen LogP contribution in [0.25, 0.3) is 10.6 Å². The number of carbonyl (C=O) groups is 2. The Bertz CT molecular complexity index is 985. The predicted molar refractivity (Wildman–Crippen MR) is 106 cm³/mol. The van der Waals surface area contributed by atoms with Crippen molar-refractivity contribution in [2.45, 2.75) is 13.0 Å². The highest BCUT2D eigenvalue weighted by Gasteiger charge is 2.28. The summed E-state index contributed by atoms with van der Waals surface area (Å²) < 4.78 is 18.7. The van der Waals surface area contributed by atoms with Crippen LogP contribution in [-0.4, -0.2) is 35.9 Å². The van der Waals surface area contributed by atoms with Crippen LogP contribution in [0.5, 0.6) is 0 Å². The second-order valence-corrected chi connectivity index (χ2v) is 7.37. The zero-order valence-corrected chi connectivity index (χ0v) is 16.5. The zero-order valence-electron chi connectivity index (χ0n) is 15.7. The quantitative estimate of drug-likeness (QED) is 0.603. The molecule has 1 aromatic heterocycles. The number of hydrogen-bond donors (Lipinski definition) is 0. The van der Waals surface area contributed by atoms with Gasteiger partial charge in [-0.2, -0.15) is 0 Å². The molecule has 0 fully saturated rings. The maximum absolute atomic E-state index is 13.1. The van der Waals surface area contributed by atoms with Crippen molar-refractivity contribution < 1.29 is 18.7 Å². The highest BCUT2D eigenvalue weighted by molar-refractivity contribution is 7.17. The third-order valence-corrected chi connectivity index (χ3v) is 5.25. The molecule has 2 aromatic carbocycles. The van der Waals surface area contributed by atoms with Gasteiger partial charge in [-0.05, 0) is 31.2 Å². The molecule has 1 atom stereocenters. The molecule has 5 nitrogen and oxygen atoms in total. The monoisotopic (exact) mass is 398 g/mol. The first-order valence-electron chi connectivity index (χ1n) is 8.57. The largest absolute Gasteiger partial charge is 0.443 e. The summed E-state index contributed by atoms with van der Waals surface area (Å²) in [6.07, 6.45) is -1.04. The van der Waals surface area contributed by atoms with Gasteiger partial charge in [0.05, 0.1) is 5.69 Å². The molecule has 1 amide bonds. The van der Waals surface area contributed by atoms with Gasteiger partial charge in [-0.25, -0.2) is 14.2 Å². The predicted octanol–water partition coefficient (Wildman–Crippen LogP) is 4.24. The van der Waals surface area contributed by atoms with Crippen LogP contribution in [0.15, 0.2) is 54.6 Å². The molecule has 1 heterocycles. The Labute approximate surface area is 166 Å². The van der Waals surface area contributed by atoms with E-state index in [1.807, 2.05) is 6.07 Å². The summed E-state index contributed by atoms with van der Waals surface area (Å²) in [6, 6.07) is 14.7. The van der Waals surface area contributed by atoms with Gasteiger partial charge >= 0.3 is 5.97 Å². The maximum Gasteiger partial charge on any atom is 0.351 e. The van der Waals surface area contributed by atoms with Crippen LogP contribution < -0.4 is 0 Å². The molecular weight excluding hydrogens is 379 g/mol. The maximum atomic E-state index is 13.1. The van der Waals surface area contributed by atoms with Crippen molar-refractivity contribution in [3.8, 4) is 10.6 Å². The molecule has 3 aromatic rings. The van der Waals surface area contributed by atoms with Gasteiger partial charge in [-0.1, -0.05) is 30.3 Å². The number of halogens is 1. The first-order chi connectivity index (χ1) is 13.4. The number of thiazole rings is 1. The van der Waals surface area contributed by atoms with Crippen molar-refractivity contribution in [1.29, 1.82) is 0 Å². The average Bonchev–Trinajstić information content (AvgIpc) is 3.08. The number of nitrogens with zero attached hydrogens (tertiary/aromatic N) is 2. The average molecular weight is 398 g/mol. The Hall–Kier alpha value is -3.06. The van der Waals surface area contributed by atoms with E-state index in [1.54, 1.807) is 57.4 Å². The van der Waals surface area contributed by atoms with E-state index in [0.29, 0.717) is 26.7 Å². The highest BCUT2D eigenvalue weighted by atomic mass is 32.1. The summed E-state index contributed by atoms with van der Waals surface area (Å²) >= 11 is 1.15. The molecule has 28 heavy (non-hydrogen) atoms. The smallest absolute Gasteiger partial charge is 0.351 e. The fourth-order valence-electron chi connectivity index (χ4n) is 2.59. The third-order valence-electron chi connectivity index (χ3n) is 4.07. The van der Waals surface area contributed by atoms with Crippen LogP contribution in [0.1, 0.15) is 27.0 Å². The van der Waals surface area contributed by atoms with Crippen molar-refractivity contribution in [3.63, 3.8) is 0 Å². The minimum absolute atomic E-state index is 0.312. The molecular formula is C21H19FN2O3S. The number of esters is 1. The van der Waals surface area contributed by atoms with Crippen LogP contribution in [0.4, 0.5) is 4.39 Å². The van der Waals surface area contributed by atoms with E-state index in [-0.39, 0.29) is 11.7 Å². The van der Waals surface area contributed by atoms with Crippen molar-refractivity contribution >= 4 is 23.2 Å². The number of benzene rings is 2. The summed E-state index contributed by atoms with van der Waals surface area (Å²) in [5.41, 5.74) is 1.80. The fraction of sp³-hybridized carbons (Fsp3) is 0.190. The lowest BCUT2D eigenvalue weighted by Gasteiger charge is -2.21. The van der Waals surface area contributed by atoms with Gasteiger partial charge in [0.1, 0.15) is 15.7 Å².